The average molecular weight is 277 g/mol. The second-order valence-electron chi connectivity index (χ2n) is 4.15. The van der Waals surface area contributed by atoms with Crippen molar-refractivity contribution in [1.29, 1.82) is 0 Å². The van der Waals surface area contributed by atoms with Gasteiger partial charge in [0.25, 0.3) is 0 Å². The minimum Gasteiger partial charge on any atom is -0.330 e. The van der Waals surface area contributed by atoms with Gasteiger partial charge in [-0.25, -0.2) is 4.98 Å². The second-order valence-corrected chi connectivity index (χ2v) is 4.85. The molecular weight excluding hydrogens is 254 g/mol. The molecule has 104 valence electrons. The number of aromatic nitrogens is 2. The SMILES string of the molecule is C=C/C=C(\C=C/CC)Cn1cncc1CCNSC. The Morgan fingerprint density at radius 2 is 2.42 bits per heavy atom. The molecular formula is C15H23N3S. The van der Waals surface area contributed by atoms with Crippen LogP contribution in [0.25, 0.3) is 0 Å². The Morgan fingerprint density at radius 1 is 1.58 bits per heavy atom. The Balaban J connectivity index is 2.68. The Kier molecular flexibility index (Phi) is 8.02. The molecule has 19 heavy (non-hydrogen) atoms. The molecule has 0 saturated carbocycles. The first-order valence-electron chi connectivity index (χ1n) is 6.54. The van der Waals surface area contributed by atoms with E-state index in [2.05, 4.69) is 46.0 Å². The van der Waals surface area contributed by atoms with Crippen LogP contribution in [-0.4, -0.2) is 22.4 Å². The maximum atomic E-state index is 4.25. The van der Waals surface area contributed by atoms with Crippen molar-refractivity contribution in [3.8, 4) is 0 Å². The minimum atomic E-state index is 0.844. The summed E-state index contributed by atoms with van der Waals surface area (Å²) < 4.78 is 5.45. The van der Waals surface area contributed by atoms with Crippen LogP contribution in [0.4, 0.5) is 0 Å². The maximum Gasteiger partial charge on any atom is 0.0951 e. The molecule has 1 heterocycles. The molecule has 0 aliphatic rings. The van der Waals surface area contributed by atoms with Crippen LogP contribution >= 0.6 is 11.9 Å². The van der Waals surface area contributed by atoms with Crippen LogP contribution in [-0.2, 0) is 13.0 Å². The summed E-state index contributed by atoms with van der Waals surface area (Å²) in [7, 11) is 0. The third kappa shape index (κ3) is 5.94. The standard InChI is InChI=1S/C15H23N3S/c1-4-6-8-14(7-5-2)12-18-13-16-11-15(18)9-10-17-19-3/h5-8,11,13,17H,2,4,9-10,12H2,1,3H3/b8-6-,14-7+. The van der Waals surface area contributed by atoms with E-state index in [1.54, 1.807) is 11.9 Å². The van der Waals surface area contributed by atoms with Crippen molar-refractivity contribution in [3.63, 3.8) is 0 Å². The van der Waals surface area contributed by atoms with E-state index in [-0.39, 0.29) is 0 Å². The Bertz CT molecular complexity index is 432. The molecule has 1 aromatic rings. The predicted molar refractivity (Wildman–Crippen MR) is 85.2 cm³/mol. The molecule has 0 atom stereocenters. The van der Waals surface area contributed by atoms with Gasteiger partial charge < -0.3 is 4.57 Å². The van der Waals surface area contributed by atoms with Gasteiger partial charge in [-0.05, 0) is 18.2 Å². The van der Waals surface area contributed by atoms with E-state index in [0.29, 0.717) is 0 Å². The highest BCUT2D eigenvalue weighted by Gasteiger charge is 2.02. The summed E-state index contributed by atoms with van der Waals surface area (Å²) in [6.07, 6.45) is 16.1. The quantitative estimate of drug-likeness (QED) is 0.426. The minimum absolute atomic E-state index is 0.844. The van der Waals surface area contributed by atoms with Gasteiger partial charge in [0.15, 0.2) is 0 Å². The van der Waals surface area contributed by atoms with Gasteiger partial charge >= 0.3 is 0 Å². The Morgan fingerprint density at radius 3 is 3.11 bits per heavy atom. The molecule has 1 N–H and O–H groups in total. The fourth-order valence-corrected chi connectivity index (χ4v) is 2.06. The largest absolute Gasteiger partial charge is 0.330 e. The molecule has 3 nitrogen and oxygen atoms in total. The lowest BCUT2D eigenvalue weighted by Gasteiger charge is -2.09. The van der Waals surface area contributed by atoms with Crippen LogP contribution < -0.4 is 4.72 Å². The van der Waals surface area contributed by atoms with E-state index < -0.39 is 0 Å². The highest BCUT2D eigenvalue weighted by Crippen LogP contribution is 2.08. The van der Waals surface area contributed by atoms with Crippen LogP contribution in [0, 0.1) is 0 Å². The molecule has 0 unspecified atom stereocenters. The van der Waals surface area contributed by atoms with Crippen molar-refractivity contribution in [1.82, 2.24) is 14.3 Å². The first-order valence-corrected chi connectivity index (χ1v) is 7.77. The van der Waals surface area contributed by atoms with Gasteiger partial charge in [-0.2, -0.15) is 0 Å². The number of allylic oxidation sites excluding steroid dienone is 5. The average Bonchev–Trinajstić information content (AvgIpc) is 2.84. The van der Waals surface area contributed by atoms with Crippen LogP contribution in [0.2, 0.25) is 0 Å². The summed E-state index contributed by atoms with van der Waals surface area (Å²) in [5, 5.41) is 0. The monoisotopic (exact) mass is 277 g/mol. The molecule has 0 aliphatic carbocycles. The topological polar surface area (TPSA) is 29.9 Å². The van der Waals surface area contributed by atoms with E-state index in [0.717, 1.165) is 25.9 Å². The van der Waals surface area contributed by atoms with E-state index in [9.17, 15) is 0 Å². The molecule has 4 heteroatoms. The molecule has 0 radical (unpaired) electrons. The number of hydrogen-bond donors (Lipinski definition) is 1. The summed E-state index contributed by atoms with van der Waals surface area (Å²) in [6, 6.07) is 0. The van der Waals surface area contributed by atoms with Crippen molar-refractivity contribution in [2.24, 2.45) is 0 Å². The Hall–Kier alpha value is -1.26. The van der Waals surface area contributed by atoms with Gasteiger partial charge in [-0.3, -0.25) is 4.72 Å². The van der Waals surface area contributed by atoms with Crippen molar-refractivity contribution < 1.29 is 0 Å². The summed E-state index contributed by atoms with van der Waals surface area (Å²) in [4.78, 5) is 4.25. The normalized spacial score (nSPS) is 12.2. The second kappa shape index (κ2) is 9.64. The van der Waals surface area contributed by atoms with E-state index in [4.69, 9.17) is 0 Å². The zero-order valence-electron chi connectivity index (χ0n) is 11.8. The van der Waals surface area contributed by atoms with Gasteiger partial charge in [0.05, 0.1) is 6.33 Å². The number of hydrogen-bond acceptors (Lipinski definition) is 3. The van der Waals surface area contributed by atoms with Crippen LogP contribution in [0.3, 0.4) is 0 Å². The molecule has 0 amide bonds. The lowest BCUT2D eigenvalue weighted by atomic mass is 10.2. The molecule has 0 bridgehead atoms. The van der Waals surface area contributed by atoms with E-state index >= 15 is 0 Å². The zero-order chi connectivity index (χ0) is 13.9. The fourth-order valence-electron chi connectivity index (χ4n) is 1.76. The third-order valence-corrected chi connectivity index (χ3v) is 3.17. The summed E-state index contributed by atoms with van der Waals surface area (Å²) in [5.41, 5.74) is 2.50. The number of nitrogens with one attached hydrogen (secondary N) is 1. The Labute approximate surface area is 120 Å². The summed E-state index contributed by atoms with van der Waals surface area (Å²) >= 11 is 1.65. The molecule has 1 aromatic heterocycles. The lowest BCUT2D eigenvalue weighted by Crippen LogP contribution is -2.11. The smallest absolute Gasteiger partial charge is 0.0951 e. The molecule has 0 fully saturated rings. The van der Waals surface area contributed by atoms with Gasteiger partial charge in [0.1, 0.15) is 0 Å². The fraction of sp³-hybridized carbons (Fsp3) is 0.400. The van der Waals surface area contributed by atoms with E-state index in [1.807, 2.05) is 24.9 Å². The van der Waals surface area contributed by atoms with Crippen LogP contribution in [0.15, 0.2) is 49.0 Å². The number of rotatable bonds is 9. The van der Waals surface area contributed by atoms with Crippen molar-refractivity contribution in [2.45, 2.75) is 26.3 Å². The zero-order valence-corrected chi connectivity index (χ0v) is 12.6. The molecule has 0 aromatic carbocycles. The van der Waals surface area contributed by atoms with Crippen molar-refractivity contribution in [3.05, 3.63) is 54.7 Å². The van der Waals surface area contributed by atoms with Gasteiger partial charge in [0.2, 0.25) is 0 Å². The van der Waals surface area contributed by atoms with Crippen LogP contribution in [0.5, 0.6) is 0 Å². The van der Waals surface area contributed by atoms with Gasteiger partial charge in [0, 0.05) is 31.4 Å². The molecule has 0 saturated heterocycles. The van der Waals surface area contributed by atoms with Crippen molar-refractivity contribution in [2.75, 3.05) is 12.8 Å². The number of nitrogens with zero attached hydrogens (tertiary/aromatic N) is 2. The highest BCUT2D eigenvalue weighted by molar-refractivity contribution is 7.96. The van der Waals surface area contributed by atoms with Crippen molar-refractivity contribution >= 4 is 11.9 Å². The summed E-state index contributed by atoms with van der Waals surface area (Å²) in [6.45, 7) is 7.71. The molecule has 0 spiro atoms. The maximum absolute atomic E-state index is 4.25. The first-order chi connectivity index (χ1) is 9.31. The van der Waals surface area contributed by atoms with Gasteiger partial charge in [-0.15, -0.1) is 0 Å². The lowest BCUT2D eigenvalue weighted by molar-refractivity contribution is 0.725. The number of imidazole rings is 1. The van der Waals surface area contributed by atoms with Crippen LogP contribution in [0.1, 0.15) is 19.0 Å². The highest BCUT2D eigenvalue weighted by atomic mass is 32.2. The summed E-state index contributed by atoms with van der Waals surface area (Å²) in [5.74, 6) is 0. The predicted octanol–water partition coefficient (Wildman–Crippen LogP) is 3.37. The molecule has 0 aliphatic heterocycles. The molecule has 1 rings (SSSR count). The van der Waals surface area contributed by atoms with Gasteiger partial charge in [-0.1, -0.05) is 49.8 Å². The van der Waals surface area contributed by atoms with E-state index in [1.165, 1.54) is 11.3 Å². The first kappa shape index (κ1) is 15.8. The third-order valence-electron chi connectivity index (χ3n) is 2.68.